The maximum absolute atomic E-state index is 13.1. The SMILES string of the molecule is Cc1cc(C(=O)CN2CCN(S(=O)(=O)c3ccccc3Cl)CC2)c(C)n1-c1ccccc1. The topological polar surface area (TPSA) is 62.6 Å². The van der Waals surface area contributed by atoms with Crippen LogP contribution in [0.2, 0.25) is 5.02 Å². The number of carbonyl (C=O) groups excluding carboxylic acids is 1. The lowest BCUT2D eigenvalue weighted by Gasteiger charge is -2.33. The molecule has 1 aromatic heterocycles. The summed E-state index contributed by atoms with van der Waals surface area (Å²) in [6.45, 7) is 5.85. The van der Waals surface area contributed by atoms with Crippen molar-refractivity contribution in [1.29, 1.82) is 0 Å². The minimum Gasteiger partial charge on any atom is -0.318 e. The Hall–Kier alpha value is -2.45. The first-order valence-electron chi connectivity index (χ1n) is 10.5. The fourth-order valence-corrected chi connectivity index (χ4v) is 6.14. The molecule has 2 aromatic carbocycles. The summed E-state index contributed by atoms with van der Waals surface area (Å²) in [6, 6.07) is 18.4. The number of nitrogens with zero attached hydrogens (tertiary/aromatic N) is 3. The summed E-state index contributed by atoms with van der Waals surface area (Å²) in [5.74, 6) is 0.0442. The Labute approximate surface area is 194 Å². The van der Waals surface area contributed by atoms with Crippen molar-refractivity contribution < 1.29 is 13.2 Å². The second kappa shape index (κ2) is 9.19. The Morgan fingerprint density at radius 1 is 0.938 bits per heavy atom. The van der Waals surface area contributed by atoms with E-state index in [0.29, 0.717) is 31.7 Å². The highest BCUT2D eigenvalue weighted by Crippen LogP contribution is 2.25. The summed E-state index contributed by atoms with van der Waals surface area (Å²) < 4.78 is 29.4. The van der Waals surface area contributed by atoms with E-state index < -0.39 is 10.0 Å². The molecule has 0 spiro atoms. The predicted octanol–water partition coefficient (Wildman–Crippen LogP) is 3.94. The predicted molar refractivity (Wildman–Crippen MR) is 126 cm³/mol. The van der Waals surface area contributed by atoms with Crippen LogP contribution in [-0.4, -0.2) is 60.7 Å². The molecule has 1 aliphatic rings. The van der Waals surface area contributed by atoms with Gasteiger partial charge in [0.15, 0.2) is 5.78 Å². The van der Waals surface area contributed by atoms with Gasteiger partial charge in [-0.3, -0.25) is 9.69 Å². The number of sulfonamides is 1. The molecule has 6 nitrogen and oxygen atoms in total. The van der Waals surface area contributed by atoms with Crippen molar-refractivity contribution in [2.24, 2.45) is 0 Å². The zero-order valence-corrected chi connectivity index (χ0v) is 19.7. The Balaban J connectivity index is 1.43. The van der Waals surface area contributed by atoms with Crippen LogP contribution in [0.4, 0.5) is 0 Å². The molecular formula is C24H26ClN3O3S. The molecule has 8 heteroatoms. The molecule has 0 unspecified atom stereocenters. The third-order valence-corrected chi connectivity index (χ3v) is 8.30. The minimum atomic E-state index is -3.65. The number of hydrogen-bond acceptors (Lipinski definition) is 4. The van der Waals surface area contributed by atoms with E-state index in [-0.39, 0.29) is 22.2 Å². The molecule has 0 atom stereocenters. The molecule has 1 fully saturated rings. The Morgan fingerprint density at radius 2 is 1.56 bits per heavy atom. The molecule has 0 amide bonds. The number of para-hydroxylation sites is 1. The summed E-state index contributed by atoms with van der Waals surface area (Å²) in [5.41, 5.74) is 3.66. The third kappa shape index (κ3) is 4.38. The van der Waals surface area contributed by atoms with E-state index in [4.69, 9.17) is 11.6 Å². The average Bonchev–Trinajstić information content (AvgIpc) is 3.09. The van der Waals surface area contributed by atoms with E-state index in [2.05, 4.69) is 4.57 Å². The number of Topliss-reactive ketones (excluding diaryl/α,β-unsaturated/α-hetero) is 1. The first-order chi connectivity index (χ1) is 15.3. The first kappa shape index (κ1) is 22.7. The maximum Gasteiger partial charge on any atom is 0.244 e. The summed E-state index contributed by atoms with van der Waals surface area (Å²) in [6.07, 6.45) is 0. The van der Waals surface area contributed by atoms with Gasteiger partial charge in [0.25, 0.3) is 0 Å². The molecule has 32 heavy (non-hydrogen) atoms. The van der Waals surface area contributed by atoms with Crippen LogP contribution in [0.3, 0.4) is 0 Å². The first-order valence-corrected chi connectivity index (χ1v) is 12.4. The van der Waals surface area contributed by atoms with Crippen LogP contribution in [0, 0.1) is 13.8 Å². The zero-order chi connectivity index (χ0) is 22.9. The fraction of sp³-hybridized carbons (Fsp3) is 0.292. The highest BCUT2D eigenvalue weighted by molar-refractivity contribution is 7.89. The molecule has 1 saturated heterocycles. The van der Waals surface area contributed by atoms with E-state index in [1.165, 1.54) is 10.4 Å². The van der Waals surface area contributed by atoms with E-state index in [1.807, 2.05) is 55.1 Å². The Kier molecular flexibility index (Phi) is 6.53. The van der Waals surface area contributed by atoms with Crippen LogP contribution in [0.25, 0.3) is 5.69 Å². The number of halogens is 1. The largest absolute Gasteiger partial charge is 0.318 e. The molecule has 1 aliphatic heterocycles. The van der Waals surface area contributed by atoms with E-state index in [0.717, 1.165) is 17.1 Å². The van der Waals surface area contributed by atoms with Crippen molar-refractivity contribution in [3.63, 3.8) is 0 Å². The number of hydrogen-bond donors (Lipinski definition) is 0. The maximum atomic E-state index is 13.1. The quantitative estimate of drug-likeness (QED) is 0.511. The van der Waals surface area contributed by atoms with Crippen LogP contribution in [-0.2, 0) is 10.0 Å². The number of carbonyl (C=O) groups is 1. The number of aromatic nitrogens is 1. The summed E-state index contributed by atoms with van der Waals surface area (Å²) >= 11 is 6.10. The summed E-state index contributed by atoms with van der Waals surface area (Å²) in [7, 11) is -3.65. The van der Waals surface area contributed by atoms with Gasteiger partial charge < -0.3 is 4.57 Å². The van der Waals surface area contributed by atoms with Gasteiger partial charge in [0.1, 0.15) is 4.90 Å². The van der Waals surface area contributed by atoms with Gasteiger partial charge in [-0.25, -0.2) is 8.42 Å². The van der Waals surface area contributed by atoms with Gasteiger partial charge in [0, 0.05) is 48.8 Å². The standard InChI is InChI=1S/C24H26ClN3O3S/c1-18-16-21(19(2)28(18)20-8-4-3-5-9-20)23(29)17-26-12-14-27(15-13-26)32(30,31)24-11-7-6-10-22(24)25/h3-11,16H,12-15,17H2,1-2H3. The minimum absolute atomic E-state index is 0.0442. The zero-order valence-electron chi connectivity index (χ0n) is 18.2. The lowest BCUT2D eigenvalue weighted by atomic mass is 10.1. The monoisotopic (exact) mass is 471 g/mol. The van der Waals surface area contributed by atoms with E-state index >= 15 is 0 Å². The lowest BCUT2D eigenvalue weighted by Crippen LogP contribution is -2.49. The lowest BCUT2D eigenvalue weighted by molar-refractivity contribution is 0.0901. The molecule has 168 valence electrons. The highest BCUT2D eigenvalue weighted by Gasteiger charge is 2.30. The summed E-state index contributed by atoms with van der Waals surface area (Å²) in [5, 5.41) is 0.221. The van der Waals surface area contributed by atoms with Crippen LogP contribution in [0.1, 0.15) is 21.7 Å². The molecule has 0 N–H and O–H groups in total. The molecule has 2 heterocycles. The van der Waals surface area contributed by atoms with E-state index in [9.17, 15) is 13.2 Å². The molecule has 0 aliphatic carbocycles. The molecule has 0 saturated carbocycles. The van der Waals surface area contributed by atoms with Crippen LogP contribution in [0.15, 0.2) is 65.6 Å². The molecule has 3 aromatic rings. The van der Waals surface area contributed by atoms with Crippen molar-refractivity contribution in [3.8, 4) is 5.69 Å². The number of piperazine rings is 1. The summed E-state index contributed by atoms with van der Waals surface area (Å²) in [4.78, 5) is 15.2. The normalized spacial score (nSPS) is 15.7. The van der Waals surface area contributed by atoms with Gasteiger partial charge in [-0.1, -0.05) is 41.9 Å². The molecule has 0 radical (unpaired) electrons. The van der Waals surface area contributed by atoms with Gasteiger partial charge in [0.2, 0.25) is 10.0 Å². The van der Waals surface area contributed by atoms with E-state index in [1.54, 1.807) is 18.2 Å². The molecular weight excluding hydrogens is 446 g/mol. The van der Waals surface area contributed by atoms with Crippen molar-refractivity contribution >= 4 is 27.4 Å². The van der Waals surface area contributed by atoms with Crippen LogP contribution >= 0.6 is 11.6 Å². The van der Waals surface area contributed by atoms with Crippen LogP contribution < -0.4 is 0 Å². The number of ketones is 1. The highest BCUT2D eigenvalue weighted by atomic mass is 35.5. The molecule has 4 rings (SSSR count). The molecule has 0 bridgehead atoms. The number of aryl methyl sites for hydroxylation is 1. The third-order valence-electron chi connectivity index (χ3n) is 5.90. The Bertz CT molecular complexity index is 1230. The average molecular weight is 472 g/mol. The van der Waals surface area contributed by atoms with Gasteiger partial charge in [-0.15, -0.1) is 0 Å². The van der Waals surface area contributed by atoms with Crippen molar-refractivity contribution in [2.75, 3.05) is 32.7 Å². The van der Waals surface area contributed by atoms with Gasteiger partial charge in [0.05, 0.1) is 11.6 Å². The van der Waals surface area contributed by atoms with Gasteiger partial charge in [-0.05, 0) is 44.2 Å². The van der Waals surface area contributed by atoms with Crippen molar-refractivity contribution in [1.82, 2.24) is 13.8 Å². The number of rotatable bonds is 6. The van der Waals surface area contributed by atoms with Gasteiger partial charge in [-0.2, -0.15) is 4.31 Å². The number of benzene rings is 2. The van der Waals surface area contributed by atoms with Crippen LogP contribution in [0.5, 0.6) is 0 Å². The van der Waals surface area contributed by atoms with Gasteiger partial charge >= 0.3 is 0 Å². The second-order valence-corrected chi connectivity index (χ2v) is 10.3. The smallest absolute Gasteiger partial charge is 0.244 e. The van der Waals surface area contributed by atoms with Crippen molar-refractivity contribution in [3.05, 3.63) is 82.6 Å². The van der Waals surface area contributed by atoms with Crippen molar-refractivity contribution in [2.45, 2.75) is 18.7 Å². The Morgan fingerprint density at radius 3 is 2.22 bits per heavy atom. The second-order valence-electron chi connectivity index (χ2n) is 7.99. The fourth-order valence-electron chi connectivity index (χ4n) is 4.23.